The molecule has 2 aromatic rings. The van der Waals surface area contributed by atoms with Crippen molar-refractivity contribution in [3.05, 3.63) is 42.1 Å². The van der Waals surface area contributed by atoms with Gasteiger partial charge in [0.15, 0.2) is 5.78 Å². The molecule has 4 heteroatoms. The smallest absolute Gasteiger partial charge is 0.172 e. The average molecular weight is 242 g/mol. The van der Waals surface area contributed by atoms with Crippen LogP contribution in [0.2, 0.25) is 0 Å². The Hall–Kier alpha value is -1.78. The molecule has 2 atom stereocenters. The summed E-state index contributed by atoms with van der Waals surface area (Å²) in [5.74, 6) is -0.220. The van der Waals surface area contributed by atoms with E-state index >= 15 is 0 Å². The van der Waals surface area contributed by atoms with E-state index in [2.05, 4.69) is 4.98 Å². The van der Waals surface area contributed by atoms with Gasteiger partial charge in [0.1, 0.15) is 0 Å². The molecule has 0 aliphatic carbocycles. The van der Waals surface area contributed by atoms with Gasteiger partial charge in [0.05, 0.1) is 24.6 Å². The fourth-order valence-electron chi connectivity index (χ4n) is 2.34. The number of para-hydroxylation sites is 1. The molecule has 2 unspecified atom stereocenters. The Morgan fingerprint density at radius 3 is 2.89 bits per heavy atom. The van der Waals surface area contributed by atoms with Crippen molar-refractivity contribution in [3.8, 4) is 0 Å². The van der Waals surface area contributed by atoms with Crippen LogP contribution < -0.4 is 5.73 Å². The highest BCUT2D eigenvalue weighted by molar-refractivity contribution is 6.08. The second-order valence-electron chi connectivity index (χ2n) is 4.55. The second-order valence-corrected chi connectivity index (χ2v) is 4.55. The molecule has 0 bridgehead atoms. The lowest BCUT2D eigenvalue weighted by atomic mass is 9.92. The second kappa shape index (κ2) is 4.48. The lowest BCUT2D eigenvalue weighted by molar-refractivity contribution is 0.0897. The third-order valence-electron chi connectivity index (χ3n) is 3.36. The summed E-state index contributed by atoms with van der Waals surface area (Å²) in [4.78, 5) is 16.8. The predicted molar refractivity (Wildman–Crippen MR) is 68.4 cm³/mol. The van der Waals surface area contributed by atoms with Crippen LogP contribution in [0.25, 0.3) is 10.9 Å². The first kappa shape index (κ1) is 11.3. The highest BCUT2D eigenvalue weighted by Gasteiger charge is 2.32. The Kier molecular flexibility index (Phi) is 2.81. The van der Waals surface area contributed by atoms with Crippen molar-refractivity contribution < 1.29 is 9.53 Å². The molecule has 1 saturated heterocycles. The van der Waals surface area contributed by atoms with E-state index in [0.29, 0.717) is 18.8 Å². The summed E-state index contributed by atoms with van der Waals surface area (Å²) in [5.41, 5.74) is 7.27. The van der Waals surface area contributed by atoms with Gasteiger partial charge < -0.3 is 10.5 Å². The molecule has 1 aliphatic rings. The van der Waals surface area contributed by atoms with Crippen LogP contribution in [0, 0.1) is 5.92 Å². The van der Waals surface area contributed by atoms with Gasteiger partial charge in [-0.25, -0.2) is 0 Å². The molecule has 1 aliphatic heterocycles. The van der Waals surface area contributed by atoms with Crippen molar-refractivity contribution in [2.24, 2.45) is 11.7 Å². The zero-order valence-corrected chi connectivity index (χ0v) is 9.87. The molecular weight excluding hydrogens is 228 g/mol. The van der Waals surface area contributed by atoms with Crippen molar-refractivity contribution in [1.29, 1.82) is 0 Å². The molecule has 0 amide bonds. The van der Waals surface area contributed by atoms with Crippen LogP contribution in [0.15, 0.2) is 36.5 Å². The maximum Gasteiger partial charge on any atom is 0.172 e. The number of hydrogen-bond acceptors (Lipinski definition) is 4. The number of carbonyl (C=O) groups excluding carboxylic acids is 1. The van der Waals surface area contributed by atoms with Gasteiger partial charge >= 0.3 is 0 Å². The van der Waals surface area contributed by atoms with E-state index in [1.807, 2.05) is 30.3 Å². The zero-order valence-electron chi connectivity index (χ0n) is 9.87. The average Bonchev–Trinajstić information content (AvgIpc) is 2.83. The number of benzene rings is 1. The third-order valence-corrected chi connectivity index (χ3v) is 3.36. The largest absolute Gasteiger partial charge is 0.379 e. The fourth-order valence-corrected chi connectivity index (χ4v) is 2.34. The summed E-state index contributed by atoms with van der Waals surface area (Å²) in [5, 5.41) is 0.968. The third kappa shape index (κ3) is 1.79. The number of carbonyl (C=O) groups is 1. The number of ether oxygens (including phenoxy) is 1. The zero-order chi connectivity index (χ0) is 12.5. The first-order valence-corrected chi connectivity index (χ1v) is 5.98. The maximum absolute atomic E-state index is 12.5. The van der Waals surface area contributed by atoms with Gasteiger partial charge in [-0.2, -0.15) is 0 Å². The Morgan fingerprint density at radius 2 is 2.11 bits per heavy atom. The Bertz CT molecular complexity index is 592. The highest BCUT2D eigenvalue weighted by atomic mass is 16.5. The van der Waals surface area contributed by atoms with E-state index < -0.39 is 0 Å². The normalized spacial score (nSPS) is 23.4. The van der Waals surface area contributed by atoms with Gasteiger partial charge in [0, 0.05) is 23.2 Å². The first-order chi connectivity index (χ1) is 8.77. The number of Topliss-reactive ketones (excluding diaryl/α,β-unsaturated/α-hetero) is 1. The molecule has 0 saturated carbocycles. The standard InChI is InChI=1S/C14H14N2O2/c15-12-8-18-7-11(12)14(17)10-5-1-3-9-4-2-6-16-13(9)10/h1-6,11-12H,7-8,15H2. The highest BCUT2D eigenvalue weighted by Crippen LogP contribution is 2.22. The molecule has 92 valence electrons. The monoisotopic (exact) mass is 242 g/mol. The summed E-state index contributed by atoms with van der Waals surface area (Å²) in [6.07, 6.45) is 1.70. The van der Waals surface area contributed by atoms with Crippen LogP contribution in [0.1, 0.15) is 10.4 Å². The van der Waals surface area contributed by atoms with Crippen LogP contribution in [-0.4, -0.2) is 30.0 Å². The summed E-state index contributed by atoms with van der Waals surface area (Å²) in [6, 6.07) is 9.23. The Labute approximate surface area is 105 Å². The van der Waals surface area contributed by atoms with Gasteiger partial charge in [0.2, 0.25) is 0 Å². The number of hydrogen-bond donors (Lipinski definition) is 1. The van der Waals surface area contributed by atoms with Gasteiger partial charge in [-0.3, -0.25) is 9.78 Å². The minimum atomic E-state index is -0.252. The lowest BCUT2D eigenvalue weighted by Crippen LogP contribution is -2.34. The van der Waals surface area contributed by atoms with Gasteiger partial charge in [-0.15, -0.1) is 0 Å². The minimum absolute atomic E-state index is 0.0318. The number of pyridine rings is 1. The number of ketones is 1. The number of nitrogens with zero attached hydrogens (tertiary/aromatic N) is 1. The number of rotatable bonds is 2. The molecule has 18 heavy (non-hydrogen) atoms. The molecule has 2 N–H and O–H groups in total. The summed E-state index contributed by atoms with van der Waals surface area (Å²) in [6.45, 7) is 0.859. The van der Waals surface area contributed by atoms with Crippen molar-refractivity contribution >= 4 is 16.7 Å². The van der Waals surface area contributed by atoms with E-state index in [4.69, 9.17) is 10.5 Å². The van der Waals surface area contributed by atoms with E-state index in [1.54, 1.807) is 6.20 Å². The number of nitrogens with two attached hydrogens (primary N) is 1. The molecule has 4 nitrogen and oxygen atoms in total. The lowest BCUT2D eigenvalue weighted by Gasteiger charge is -2.12. The summed E-state index contributed by atoms with van der Waals surface area (Å²) >= 11 is 0. The van der Waals surface area contributed by atoms with Crippen molar-refractivity contribution in [2.45, 2.75) is 6.04 Å². The van der Waals surface area contributed by atoms with Crippen molar-refractivity contribution in [2.75, 3.05) is 13.2 Å². The molecule has 1 aromatic heterocycles. The maximum atomic E-state index is 12.5. The number of fused-ring (bicyclic) bond motifs is 1. The molecule has 1 fully saturated rings. The van der Waals surface area contributed by atoms with Gasteiger partial charge in [0.25, 0.3) is 0 Å². The van der Waals surface area contributed by atoms with E-state index in [9.17, 15) is 4.79 Å². The van der Waals surface area contributed by atoms with Crippen LogP contribution >= 0.6 is 0 Å². The summed E-state index contributed by atoms with van der Waals surface area (Å²) < 4.78 is 5.26. The predicted octanol–water partition coefficient (Wildman–Crippen LogP) is 1.39. The SMILES string of the molecule is NC1COCC1C(=O)c1cccc2cccnc12. The van der Waals surface area contributed by atoms with Crippen molar-refractivity contribution in [1.82, 2.24) is 4.98 Å². The van der Waals surface area contributed by atoms with Crippen LogP contribution in [-0.2, 0) is 4.74 Å². The minimum Gasteiger partial charge on any atom is -0.379 e. The molecule has 3 rings (SSSR count). The Morgan fingerprint density at radius 1 is 1.28 bits per heavy atom. The van der Waals surface area contributed by atoms with Crippen LogP contribution in [0.3, 0.4) is 0 Å². The Balaban J connectivity index is 2.06. The van der Waals surface area contributed by atoms with E-state index in [1.165, 1.54) is 0 Å². The van der Waals surface area contributed by atoms with Gasteiger partial charge in [-0.05, 0) is 12.1 Å². The number of aromatic nitrogens is 1. The molecule has 0 radical (unpaired) electrons. The molecule has 0 spiro atoms. The molecule has 1 aromatic carbocycles. The van der Waals surface area contributed by atoms with Crippen LogP contribution in [0.5, 0.6) is 0 Å². The molecule has 2 heterocycles. The quantitative estimate of drug-likeness (QED) is 0.808. The van der Waals surface area contributed by atoms with E-state index in [-0.39, 0.29) is 17.7 Å². The van der Waals surface area contributed by atoms with Crippen molar-refractivity contribution in [3.63, 3.8) is 0 Å². The van der Waals surface area contributed by atoms with Crippen LogP contribution in [0.4, 0.5) is 0 Å². The van der Waals surface area contributed by atoms with Gasteiger partial charge in [-0.1, -0.05) is 18.2 Å². The topological polar surface area (TPSA) is 65.2 Å². The fraction of sp³-hybridized carbons (Fsp3) is 0.286. The summed E-state index contributed by atoms with van der Waals surface area (Å²) in [7, 11) is 0. The van der Waals surface area contributed by atoms with E-state index in [0.717, 1.165) is 10.9 Å². The molecular formula is C14H14N2O2. The first-order valence-electron chi connectivity index (χ1n) is 5.98.